The summed E-state index contributed by atoms with van der Waals surface area (Å²) < 4.78 is 5.06. The number of aromatic amines is 1. The molecule has 8 heteroatoms. The predicted octanol–water partition coefficient (Wildman–Crippen LogP) is 4.04. The standard InChI is InChI=1S/C11H5Cl2N3O3/c12-5-3-7-8(4-6(5)13)15-11(14-7)9-1-2-10(19-9)16(17)18/h1-4H,(H,14,15). The third kappa shape index (κ3) is 2.05. The van der Waals surface area contributed by atoms with Gasteiger partial charge in [0.2, 0.25) is 0 Å². The number of benzene rings is 1. The summed E-state index contributed by atoms with van der Waals surface area (Å²) in [5.74, 6) is 0.308. The van der Waals surface area contributed by atoms with E-state index in [-0.39, 0.29) is 11.6 Å². The monoisotopic (exact) mass is 297 g/mol. The summed E-state index contributed by atoms with van der Waals surface area (Å²) >= 11 is 11.8. The zero-order chi connectivity index (χ0) is 13.6. The van der Waals surface area contributed by atoms with Crippen LogP contribution >= 0.6 is 23.2 Å². The van der Waals surface area contributed by atoms with Gasteiger partial charge in [-0.3, -0.25) is 10.1 Å². The molecule has 0 radical (unpaired) electrons. The minimum absolute atomic E-state index is 0.273. The van der Waals surface area contributed by atoms with Crippen LogP contribution in [0.2, 0.25) is 10.0 Å². The lowest BCUT2D eigenvalue weighted by Crippen LogP contribution is -1.83. The Morgan fingerprint density at radius 1 is 1.26 bits per heavy atom. The topological polar surface area (TPSA) is 85.0 Å². The minimum atomic E-state index is -0.611. The normalized spacial score (nSPS) is 11.1. The highest BCUT2D eigenvalue weighted by atomic mass is 35.5. The molecule has 6 nitrogen and oxygen atoms in total. The van der Waals surface area contributed by atoms with E-state index in [0.717, 1.165) is 0 Å². The molecule has 0 spiro atoms. The minimum Gasteiger partial charge on any atom is -0.397 e. The van der Waals surface area contributed by atoms with E-state index in [0.29, 0.717) is 26.9 Å². The molecule has 0 aliphatic rings. The quantitative estimate of drug-likeness (QED) is 0.571. The first-order chi connectivity index (χ1) is 9.04. The van der Waals surface area contributed by atoms with Crippen LogP contribution in [0.15, 0.2) is 28.7 Å². The van der Waals surface area contributed by atoms with E-state index in [1.54, 1.807) is 12.1 Å². The first-order valence-electron chi connectivity index (χ1n) is 5.14. The number of nitrogens with zero attached hydrogens (tertiary/aromatic N) is 2. The molecule has 3 rings (SSSR count). The first kappa shape index (κ1) is 12.0. The number of imidazole rings is 1. The van der Waals surface area contributed by atoms with Crippen molar-refractivity contribution < 1.29 is 9.34 Å². The zero-order valence-corrected chi connectivity index (χ0v) is 10.7. The number of rotatable bonds is 2. The number of halogens is 2. The van der Waals surface area contributed by atoms with Gasteiger partial charge in [0.15, 0.2) is 11.6 Å². The Morgan fingerprint density at radius 2 is 2.00 bits per heavy atom. The number of furan rings is 1. The van der Waals surface area contributed by atoms with Gasteiger partial charge in [-0.25, -0.2) is 4.98 Å². The summed E-state index contributed by atoms with van der Waals surface area (Å²) in [5.41, 5.74) is 1.27. The van der Waals surface area contributed by atoms with Crippen molar-refractivity contribution in [3.05, 3.63) is 44.4 Å². The molecule has 0 aliphatic heterocycles. The van der Waals surface area contributed by atoms with E-state index < -0.39 is 4.92 Å². The highest BCUT2D eigenvalue weighted by molar-refractivity contribution is 6.42. The van der Waals surface area contributed by atoms with Gasteiger partial charge < -0.3 is 9.40 Å². The lowest BCUT2D eigenvalue weighted by Gasteiger charge is -1.93. The van der Waals surface area contributed by atoms with Crippen LogP contribution in [0.1, 0.15) is 0 Å². The van der Waals surface area contributed by atoms with Gasteiger partial charge in [0.1, 0.15) is 4.92 Å². The number of hydrogen-bond acceptors (Lipinski definition) is 4. The van der Waals surface area contributed by atoms with E-state index in [1.807, 2.05) is 0 Å². The Morgan fingerprint density at radius 3 is 2.68 bits per heavy atom. The molecule has 19 heavy (non-hydrogen) atoms. The molecular weight excluding hydrogens is 293 g/mol. The summed E-state index contributed by atoms with van der Waals surface area (Å²) in [6, 6.07) is 5.98. The van der Waals surface area contributed by atoms with Crippen molar-refractivity contribution in [3.63, 3.8) is 0 Å². The van der Waals surface area contributed by atoms with Crippen LogP contribution in [-0.2, 0) is 0 Å². The molecule has 0 unspecified atom stereocenters. The van der Waals surface area contributed by atoms with Gasteiger partial charge in [-0.05, 0) is 18.2 Å². The molecule has 0 saturated carbocycles. The zero-order valence-electron chi connectivity index (χ0n) is 9.18. The van der Waals surface area contributed by atoms with Gasteiger partial charge in [-0.2, -0.15) is 0 Å². The largest absolute Gasteiger partial charge is 0.433 e. The summed E-state index contributed by atoms with van der Waals surface area (Å²) in [6.45, 7) is 0. The fourth-order valence-corrected chi connectivity index (χ4v) is 2.00. The molecule has 1 aromatic carbocycles. The highest BCUT2D eigenvalue weighted by Gasteiger charge is 2.16. The summed E-state index contributed by atoms with van der Waals surface area (Å²) in [4.78, 5) is 17.1. The second-order valence-corrected chi connectivity index (χ2v) is 4.58. The number of fused-ring (bicyclic) bond motifs is 1. The molecule has 0 atom stereocenters. The van der Waals surface area contributed by atoms with Crippen LogP contribution in [0.4, 0.5) is 5.88 Å². The average molecular weight is 298 g/mol. The first-order valence-corrected chi connectivity index (χ1v) is 5.89. The van der Waals surface area contributed by atoms with E-state index in [2.05, 4.69) is 9.97 Å². The molecule has 0 bridgehead atoms. The average Bonchev–Trinajstić information content (AvgIpc) is 2.95. The van der Waals surface area contributed by atoms with Gasteiger partial charge in [0.05, 0.1) is 27.1 Å². The fourth-order valence-electron chi connectivity index (χ4n) is 1.67. The van der Waals surface area contributed by atoms with E-state index in [4.69, 9.17) is 27.6 Å². The van der Waals surface area contributed by atoms with Crippen molar-refractivity contribution >= 4 is 40.1 Å². The molecule has 2 aromatic heterocycles. The molecule has 3 aromatic rings. The summed E-state index contributed by atoms with van der Waals surface area (Å²) in [7, 11) is 0. The van der Waals surface area contributed by atoms with Gasteiger partial charge >= 0.3 is 5.88 Å². The maximum absolute atomic E-state index is 10.6. The van der Waals surface area contributed by atoms with E-state index in [1.165, 1.54) is 12.1 Å². The van der Waals surface area contributed by atoms with E-state index in [9.17, 15) is 10.1 Å². The molecule has 96 valence electrons. The van der Waals surface area contributed by atoms with Crippen molar-refractivity contribution in [1.82, 2.24) is 9.97 Å². The van der Waals surface area contributed by atoms with Gasteiger partial charge in [0.25, 0.3) is 0 Å². The van der Waals surface area contributed by atoms with Crippen molar-refractivity contribution in [2.45, 2.75) is 0 Å². The smallest absolute Gasteiger partial charge is 0.397 e. The Balaban J connectivity index is 2.12. The molecule has 0 amide bonds. The van der Waals surface area contributed by atoms with E-state index >= 15 is 0 Å². The SMILES string of the molecule is O=[N+]([O-])c1ccc(-c2nc3cc(Cl)c(Cl)cc3[nH]2)o1. The molecule has 2 heterocycles. The molecule has 0 saturated heterocycles. The number of nitrogens with one attached hydrogen (secondary N) is 1. The van der Waals surface area contributed by atoms with Crippen molar-refractivity contribution in [1.29, 1.82) is 0 Å². The lowest BCUT2D eigenvalue weighted by molar-refractivity contribution is -0.401. The van der Waals surface area contributed by atoms with Gasteiger partial charge in [-0.15, -0.1) is 0 Å². The van der Waals surface area contributed by atoms with Crippen LogP contribution < -0.4 is 0 Å². The van der Waals surface area contributed by atoms with Gasteiger partial charge in [0, 0.05) is 0 Å². The number of nitro groups is 1. The lowest BCUT2D eigenvalue weighted by atomic mass is 10.3. The third-order valence-electron chi connectivity index (χ3n) is 2.53. The second kappa shape index (κ2) is 4.25. The Labute approximate surface area is 116 Å². The fraction of sp³-hybridized carbons (Fsp3) is 0. The Bertz CT molecular complexity index is 755. The molecule has 0 aliphatic carbocycles. The maximum atomic E-state index is 10.6. The molecular formula is C11H5Cl2N3O3. The summed E-state index contributed by atoms with van der Waals surface area (Å²) in [6.07, 6.45) is 0. The summed E-state index contributed by atoms with van der Waals surface area (Å²) in [5, 5.41) is 11.3. The van der Waals surface area contributed by atoms with Crippen LogP contribution in [-0.4, -0.2) is 14.9 Å². The van der Waals surface area contributed by atoms with Gasteiger partial charge in [-0.1, -0.05) is 23.2 Å². The van der Waals surface area contributed by atoms with Crippen molar-refractivity contribution in [3.8, 4) is 11.6 Å². The Hall–Kier alpha value is -2.05. The van der Waals surface area contributed by atoms with Crippen LogP contribution in [0.25, 0.3) is 22.6 Å². The second-order valence-electron chi connectivity index (χ2n) is 3.76. The predicted molar refractivity (Wildman–Crippen MR) is 70.5 cm³/mol. The number of H-pyrrole nitrogens is 1. The third-order valence-corrected chi connectivity index (χ3v) is 3.25. The van der Waals surface area contributed by atoms with Crippen LogP contribution in [0.3, 0.4) is 0 Å². The Kier molecular flexibility index (Phi) is 2.69. The van der Waals surface area contributed by atoms with Crippen molar-refractivity contribution in [2.75, 3.05) is 0 Å². The molecule has 0 fully saturated rings. The number of aromatic nitrogens is 2. The number of hydrogen-bond donors (Lipinski definition) is 1. The van der Waals surface area contributed by atoms with Crippen LogP contribution in [0.5, 0.6) is 0 Å². The molecule has 1 N–H and O–H groups in total. The maximum Gasteiger partial charge on any atom is 0.433 e. The van der Waals surface area contributed by atoms with Crippen molar-refractivity contribution in [2.24, 2.45) is 0 Å². The highest BCUT2D eigenvalue weighted by Crippen LogP contribution is 2.30. The van der Waals surface area contributed by atoms with Crippen LogP contribution in [0, 0.1) is 10.1 Å².